The molecule has 4 bridgehead atoms. The minimum absolute atomic E-state index is 0.119. The zero-order valence-electron chi connectivity index (χ0n) is 14.1. The molecule has 3 nitrogen and oxygen atoms in total. The highest BCUT2D eigenvalue weighted by molar-refractivity contribution is 5.87. The van der Waals surface area contributed by atoms with E-state index in [-0.39, 0.29) is 11.9 Å². The van der Waals surface area contributed by atoms with Crippen LogP contribution in [0, 0.1) is 17.8 Å². The summed E-state index contributed by atoms with van der Waals surface area (Å²) in [6.45, 7) is 4.00. The Kier molecular flexibility index (Phi) is 3.35. The summed E-state index contributed by atoms with van der Waals surface area (Å²) in [5.74, 6) is 1.71. The maximum absolute atomic E-state index is 13.0. The number of hydrogen-bond donors (Lipinski definition) is 2. The van der Waals surface area contributed by atoms with Crippen LogP contribution in [0.15, 0.2) is 30.3 Å². The molecule has 4 fully saturated rings. The fourth-order valence-corrected chi connectivity index (χ4v) is 5.53. The van der Waals surface area contributed by atoms with E-state index < -0.39 is 11.0 Å². The largest absolute Gasteiger partial charge is 0.390 e. The van der Waals surface area contributed by atoms with Gasteiger partial charge >= 0.3 is 0 Å². The normalized spacial score (nSPS) is 38.6. The molecule has 0 aromatic heterocycles. The van der Waals surface area contributed by atoms with Crippen LogP contribution >= 0.6 is 0 Å². The molecular weight excluding hydrogens is 286 g/mol. The maximum atomic E-state index is 13.0. The average molecular weight is 313 g/mol. The van der Waals surface area contributed by atoms with E-state index in [4.69, 9.17) is 0 Å². The van der Waals surface area contributed by atoms with Gasteiger partial charge in [0.2, 0.25) is 5.91 Å². The first kappa shape index (κ1) is 15.2. The van der Waals surface area contributed by atoms with Crippen LogP contribution in [0.25, 0.3) is 0 Å². The third-order valence-electron chi connectivity index (χ3n) is 6.60. The number of aliphatic hydroxyl groups is 1. The fraction of sp³-hybridized carbons (Fsp3) is 0.650. The SMILES string of the molecule is CC(C)(C(=O)N[C@H]1[C@@H]2C[C@@H]3C[C@@H]1C[C@](O)(C2)C3)c1ccccc1. The van der Waals surface area contributed by atoms with Crippen LogP contribution in [-0.4, -0.2) is 22.7 Å². The van der Waals surface area contributed by atoms with E-state index in [1.54, 1.807) is 0 Å². The lowest BCUT2D eigenvalue weighted by molar-refractivity contribution is -0.148. The summed E-state index contributed by atoms with van der Waals surface area (Å²) in [4.78, 5) is 13.0. The summed E-state index contributed by atoms with van der Waals surface area (Å²) < 4.78 is 0. The number of rotatable bonds is 3. The summed E-state index contributed by atoms with van der Waals surface area (Å²) in [7, 11) is 0. The lowest BCUT2D eigenvalue weighted by Crippen LogP contribution is -2.62. The monoisotopic (exact) mass is 313 g/mol. The van der Waals surface area contributed by atoms with Gasteiger partial charge in [0.15, 0.2) is 0 Å². The second-order valence-electron chi connectivity index (χ2n) is 8.68. The van der Waals surface area contributed by atoms with Crippen molar-refractivity contribution in [1.82, 2.24) is 5.32 Å². The Balaban J connectivity index is 1.51. The van der Waals surface area contributed by atoms with Crippen molar-refractivity contribution in [2.75, 3.05) is 0 Å². The average Bonchev–Trinajstić information content (AvgIpc) is 2.50. The van der Waals surface area contributed by atoms with Crippen molar-refractivity contribution in [3.8, 4) is 0 Å². The molecule has 1 amide bonds. The van der Waals surface area contributed by atoms with Crippen LogP contribution in [0.4, 0.5) is 0 Å². The minimum atomic E-state index is -0.521. The molecule has 4 aliphatic carbocycles. The van der Waals surface area contributed by atoms with E-state index in [1.165, 1.54) is 12.8 Å². The number of amides is 1. The number of hydrogen-bond acceptors (Lipinski definition) is 2. The third-order valence-corrected chi connectivity index (χ3v) is 6.60. The molecule has 124 valence electrons. The Bertz CT molecular complexity index is 593. The van der Waals surface area contributed by atoms with Crippen LogP contribution in [-0.2, 0) is 10.2 Å². The molecule has 4 saturated carbocycles. The minimum Gasteiger partial charge on any atom is -0.390 e. The quantitative estimate of drug-likeness (QED) is 0.901. The van der Waals surface area contributed by atoms with Gasteiger partial charge in [0.05, 0.1) is 11.0 Å². The van der Waals surface area contributed by atoms with Gasteiger partial charge in [-0.15, -0.1) is 0 Å². The van der Waals surface area contributed by atoms with Gasteiger partial charge in [-0.05, 0) is 69.3 Å². The van der Waals surface area contributed by atoms with Gasteiger partial charge in [-0.2, -0.15) is 0 Å². The highest BCUT2D eigenvalue weighted by Crippen LogP contribution is 2.55. The van der Waals surface area contributed by atoms with Crippen molar-refractivity contribution < 1.29 is 9.90 Å². The smallest absolute Gasteiger partial charge is 0.230 e. The summed E-state index contributed by atoms with van der Waals surface area (Å²) in [6.07, 6.45) is 5.08. The van der Waals surface area contributed by atoms with E-state index in [9.17, 15) is 9.90 Å². The molecule has 0 heterocycles. The molecular formula is C20H27NO2. The number of carbonyl (C=O) groups excluding carboxylic acids is 1. The fourth-order valence-electron chi connectivity index (χ4n) is 5.53. The van der Waals surface area contributed by atoms with Crippen molar-refractivity contribution in [2.45, 2.75) is 63.0 Å². The highest BCUT2D eigenvalue weighted by atomic mass is 16.3. The molecule has 0 radical (unpaired) electrons. The van der Waals surface area contributed by atoms with Crippen molar-refractivity contribution in [3.05, 3.63) is 35.9 Å². The first-order valence-corrected chi connectivity index (χ1v) is 8.96. The van der Waals surface area contributed by atoms with Gasteiger partial charge in [-0.1, -0.05) is 30.3 Å². The van der Waals surface area contributed by atoms with E-state index in [2.05, 4.69) is 5.32 Å². The predicted molar refractivity (Wildman–Crippen MR) is 89.9 cm³/mol. The lowest BCUT2D eigenvalue weighted by Gasteiger charge is -2.58. The van der Waals surface area contributed by atoms with E-state index >= 15 is 0 Å². The topological polar surface area (TPSA) is 49.3 Å². The third kappa shape index (κ3) is 2.50. The molecule has 0 saturated heterocycles. The molecule has 2 N–H and O–H groups in total. The first-order valence-electron chi connectivity index (χ1n) is 8.96. The molecule has 0 unspecified atom stereocenters. The Labute approximate surface area is 138 Å². The Hall–Kier alpha value is -1.35. The van der Waals surface area contributed by atoms with Crippen molar-refractivity contribution in [3.63, 3.8) is 0 Å². The first-order chi connectivity index (χ1) is 10.9. The second kappa shape index (κ2) is 5.07. The summed E-state index contributed by atoms with van der Waals surface area (Å²) >= 11 is 0. The molecule has 5 rings (SSSR count). The van der Waals surface area contributed by atoms with E-state index in [0.717, 1.165) is 24.8 Å². The maximum Gasteiger partial charge on any atom is 0.230 e. The summed E-state index contributed by atoms with van der Waals surface area (Å²) in [6, 6.07) is 10.3. The Morgan fingerprint density at radius 3 is 2.30 bits per heavy atom. The molecule has 23 heavy (non-hydrogen) atoms. The number of benzene rings is 1. The molecule has 1 aromatic carbocycles. The van der Waals surface area contributed by atoms with Crippen LogP contribution in [0.3, 0.4) is 0 Å². The van der Waals surface area contributed by atoms with Crippen molar-refractivity contribution in [1.29, 1.82) is 0 Å². The van der Waals surface area contributed by atoms with Crippen molar-refractivity contribution in [2.24, 2.45) is 17.8 Å². The van der Waals surface area contributed by atoms with Gasteiger partial charge in [0.1, 0.15) is 0 Å². The van der Waals surface area contributed by atoms with Crippen molar-refractivity contribution >= 4 is 5.91 Å². The zero-order chi connectivity index (χ0) is 16.2. The molecule has 4 aliphatic rings. The molecule has 3 heteroatoms. The van der Waals surface area contributed by atoms with Gasteiger partial charge in [0.25, 0.3) is 0 Å². The molecule has 1 aromatic rings. The van der Waals surface area contributed by atoms with E-state index in [1.807, 2.05) is 44.2 Å². The van der Waals surface area contributed by atoms with Crippen LogP contribution in [0.1, 0.15) is 51.5 Å². The molecule has 2 atom stereocenters. The lowest BCUT2D eigenvalue weighted by atomic mass is 9.52. The van der Waals surface area contributed by atoms with E-state index in [0.29, 0.717) is 17.8 Å². The molecule has 0 aliphatic heterocycles. The predicted octanol–water partition coefficient (Wildman–Crippen LogP) is 3.02. The standard InChI is InChI=1S/C20H27NO2/c1-19(2,16-6-4-3-5-7-16)18(22)21-17-14-8-13-9-15(17)12-20(23,10-13)11-14/h3-7,13-15,17,23H,8-12H2,1-2H3,(H,21,22)/t13-,14-,15-,17+,20-/m1/s1. The van der Waals surface area contributed by atoms with Gasteiger partial charge in [-0.25, -0.2) is 0 Å². The number of nitrogens with one attached hydrogen (secondary N) is 1. The zero-order valence-corrected chi connectivity index (χ0v) is 14.1. The summed E-state index contributed by atoms with van der Waals surface area (Å²) in [5, 5.41) is 14.0. The van der Waals surface area contributed by atoms with Crippen LogP contribution in [0.5, 0.6) is 0 Å². The second-order valence-corrected chi connectivity index (χ2v) is 8.68. The Morgan fingerprint density at radius 1 is 1.13 bits per heavy atom. The highest BCUT2D eigenvalue weighted by Gasteiger charge is 2.55. The van der Waals surface area contributed by atoms with Gasteiger partial charge < -0.3 is 10.4 Å². The molecule has 0 spiro atoms. The summed E-state index contributed by atoms with van der Waals surface area (Å²) in [5.41, 5.74) is 0.0967. The van der Waals surface area contributed by atoms with Crippen LogP contribution in [0.2, 0.25) is 0 Å². The van der Waals surface area contributed by atoms with Gasteiger partial charge in [-0.3, -0.25) is 4.79 Å². The van der Waals surface area contributed by atoms with Crippen LogP contribution < -0.4 is 5.32 Å². The number of carbonyl (C=O) groups is 1. The van der Waals surface area contributed by atoms with Gasteiger partial charge in [0, 0.05) is 6.04 Å². The Morgan fingerprint density at radius 2 is 1.74 bits per heavy atom.